The first-order valence-electron chi connectivity index (χ1n) is 8.36. The molecule has 124 valence electrons. The second-order valence-corrected chi connectivity index (χ2v) is 5.90. The summed E-state index contributed by atoms with van der Waals surface area (Å²) in [7, 11) is 0. The predicted octanol–water partition coefficient (Wildman–Crippen LogP) is 2.20. The van der Waals surface area contributed by atoms with Gasteiger partial charge in [0, 0.05) is 32.7 Å². The van der Waals surface area contributed by atoms with Gasteiger partial charge >= 0.3 is 5.63 Å². The maximum absolute atomic E-state index is 11.6. The zero-order valence-corrected chi connectivity index (χ0v) is 13.7. The summed E-state index contributed by atoms with van der Waals surface area (Å²) in [6.07, 6.45) is 0.959. The summed E-state index contributed by atoms with van der Waals surface area (Å²) in [5, 5.41) is 0.851. The van der Waals surface area contributed by atoms with Gasteiger partial charge in [0.25, 0.3) is 0 Å². The van der Waals surface area contributed by atoms with Gasteiger partial charge in [-0.05, 0) is 25.1 Å². The minimum absolute atomic E-state index is 0.366. The van der Waals surface area contributed by atoms with E-state index in [4.69, 9.17) is 9.15 Å². The summed E-state index contributed by atoms with van der Waals surface area (Å²) >= 11 is 0. The van der Waals surface area contributed by atoms with Crippen molar-refractivity contribution in [1.82, 2.24) is 9.80 Å². The molecule has 0 N–H and O–H groups in total. The van der Waals surface area contributed by atoms with Crippen molar-refractivity contribution >= 4 is 11.0 Å². The highest BCUT2D eigenvalue weighted by Gasteiger charge is 2.14. The molecule has 3 rings (SSSR count). The molecule has 0 amide bonds. The van der Waals surface area contributed by atoms with Crippen LogP contribution in [0.4, 0.5) is 0 Å². The van der Waals surface area contributed by atoms with Crippen molar-refractivity contribution in [2.24, 2.45) is 0 Å². The zero-order valence-electron chi connectivity index (χ0n) is 13.7. The van der Waals surface area contributed by atoms with Gasteiger partial charge in [0.1, 0.15) is 11.3 Å². The second kappa shape index (κ2) is 7.62. The van der Waals surface area contributed by atoms with E-state index in [1.54, 1.807) is 6.07 Å². The Morgan fingerprint density at radius 2 is 1.87 bits per heavy atom. The summed E-state index contributed by atoms with van der Waals surface area (Å²) in [5.41, 5.74) is 0.208. The minimum Gasteiger partial charge on any atom is -0.492 e. The van der Waals surface area contributed by atoms with E-state index in [9.17, 15) is 4.79 Å². The average Bonchev–Trinajstić information content (AvgIpc) is 2.59. The van der Waals surface area contributed by atoms with Gasteiger partial charge in [-0.15, -0.1) is 0 Å². The predicted molar refractivity (Wildman–Crippen MR) is 91.2 cm³/mol. The molecule has 1 aromatic carbocycles. The van der Waals surface area contributed by atoms with Gasteiger partial charge in [0.2, 0.25) is 0 Å². The smallest absolute Gasteiger partial charge is 0.339 e. The second-order valence-electron chi connectivity index (χ2n) is 5.90. The van der Waals surface area contributed by atoms with E-state index in [-0.39, 0.29) is 5.63 Å². The molecule has 5 nitrogen and oxygen atoms in total. The molecule has 0 aliphatic carbocycles. The Morgan fingerprint density at radius 1 is 1.13 bits per heavy atom. The molecule has 5 heteroatoms. The molecule has 2 heterocycles. The number of para-hydroxylation sites is 1. The van der Waals surface area contributed by atoms with Gasteiger partial charge in [0.15, 0.2) is 0 Å². The van der Waals surface area contributed by atoms with Crippen molar-refractivity contribution in [2.45, 2.75) is 13.3 Å². The number of ether oxygens (including phenoxy) is 1. The summed E-state index contributed by atoms with van der Waals surface area (Å²) in [6, 6.07) is 8.91. The SMILES string of the molecule is CCN1CCN(CCCOc2cc(=O)oc3ccccc23)CC1. The number of nitrogens with zero attached hydrogens (tertiary/aromatic N) is 2. The highest BCUT2D eigenvalue weighted by Crippen LogP contribution is 2.23. The Morgan fingerprint density at radius 3 is 2.65 bits per heavy atom. The van der Waals surface area contributed by atoms with Gasteiger partial charge in [-0.25, -0.2) is 4.79 Å². The monoisotopic (exact) mass is 316 g/mol. The Balaban J connectivity index is 1.51. The summed E-state index contributed by atoms with van der Waals surface area (Å²) in [6.45, 7) is 9.57. The molecule has 0 unspecified atom stereocenters. The van der Waals surface area contributed by atoms with E-state index < -0.39 is 0 Å². The molecule has 0 spiro atoms. The Kier molecular flexibility index (Phi) is 5.31. The Hall–Kier alpha value is -1.85. The number of benzene rings is 1. The zero-order chi connectivity index (χ0) is 16.1. The van der Waals surface area contributed by atoms with Crippen LogP contribution in [0.3, 0.4) is 0 Å². The van der Waals surface area contributed by atoms with E-state index >= 15 is 0 Å². The Labute approximate surface area is 136 Å². The first-order chi connectivity index (χ1) is 11.3. The van der Waals surface area contributed by atoms with Crippen LogP contribution in [0.15, 0.2) is 39.5 Å². The number of likely N-dealkylation sites (N-methyl/N-ethyl adjacent to an activating group) is 1. The standard InChI is InChI=1S/C18H24N2O3/c1-2-19-9-11-20(12-10-19)8-5-13-22-17-14-18(21)23-16-7-4-3-6-15(16)17/h3-4,6-7,14H,2,5,8-13H2,1H3. The van der Waals surface area contributed by atoms with Crippen LogP contribution in [0.5, 0.6) is 5.75 Å². The molecular formula is C18H24N2O3. The van der Waals surface area contributed by atoms with Crippen LogP contribution < -0.4 is 10.4 Å². The van der Waals surface area contributed by atoms with E-state index in [0.29, 0.717) is 17.9 Å². The van der Waals surface area contributed by atoms with E-state index in [1.165, 1.54) is 6.07 Å². The first kappa shape index (κ1) is 16.0. The molecule has 1 aliphatic heterocycles. The van der Waals surface area contributed by atoms with Crippen LogP contribution in [-0.4, -0.2) is 55.7 Å². The van der Waals surface area contributed by atoms with Gasteiger partial charge < -0.3 is 19.0 Å². The minimum atomic E-state index is -0.366. The van der Waals surface area contributed by atoms with Crippen molar-refractivity contribution in [2.75, 3.05) is 45.9 Å². The quantitative estimate of drug-likeness (QED) is 0.604. The van der Waals surface area contributed by atoms with Crippen molar-refractivity contribution in [3.8, 4) is 5.75 Å². The average molecular weight is 316 g/mol. The molecule has 0 atom stereocenters. The highest BCUT2D eigenvalue weighted by molar-refractivity contribution is 5.82. The molecule has 2 aromatic rings. The summed E-state index contributed by atoms with van der Waals surface area (Å²) in [4.78, 5) is 16.5. The van der Waals surface area contributed by atoms with Gasteiger partial charge in [0.05, 0.1) is 18.1 Å². The number of piperazine rings is 1. The number of hydrogen-bond donors (Lipinski definition) is 0. The van der Waals surface area contributed by atoms with E-state index in [1.807, 2.05) is 18.2 Å². The Bertz CT molecular complexity index is 690. The lowest BCUT2D eigenvalue weighted by molar-refractivity contribution is 0.130. The third-order valence-corrected chi connectivity index (χ3v) is 4.40. The van der Waals surface area contributed by atoms with Crippen LogP contribution in [0.1, 0.15) is 13.3 Å². The lowest BCUT2D eigenvalue weighted by Gasteiger charge is -2.33. The fourth-order valence-corrected chi connectivity index (χ4v) is 3.00. The lowest BCUT2D eigenvalue weighted by Crippen LogP contribution is -2.46. The number of fused-ring (bicyclic) bond motifs is 1. The third-order valence-electron chi connectivity index (χ3n) is 4.40. The maximum Gasteiger partial charge on any atom is 0.339 e. The normalized spacial score (nSPS) is 16.7. The number of hydrogen-bond acceptors (Lipinski definition) is 5. The molecular weight excluding hydrogens is 292 g/mol. The van der Waals surface area contributed by atoms with Crippen molar-refractivity contribution < 1.29 is 9.15 Å². The molecule has 1 fully saturated rings. The van der Waals surface area contributed by atoms with Gasteiger partial charge in [-0.3, -0.25) is 0 Å². The van der Waals surface area contributed by atoms with Crippen LogP contribution in [0.25, 0.3) is 11.0 Å². The van der Waals surface area contributed by atoms with E-state index in [2.05, 4.69) is 16.7 Å². The maximum atomic E-state index is 11.6. The van der Waals surface area contributed by atoms with Crippen LogP contribution in [0.2, 0.25) is 0 Å². The van der Waals surface area contributed by atoms with Crippen LogP contribution >= 0.6 is 0 Å². The fraction of sp³-hybridized carbons (Fsp3) is 0.500. The topological polar surface area (TPSA) is 45.9 Å². The van der Waals surface area contributed by atoms with Gasteiger partial charge in [-0.2, -0.15) is 0 Å². The van der Waals surface area contributed by atoms with Crippen LogP contribution in [0, 0.1) is 0 Å². The molecule has 0 saturated carbocycles. The first-order valence-corrected chi connectivity index (χ1v) is 8.36. The van der Waals surface area contributed by atoms with Crippen molar-refractivity contribution in [3.63, 3.8) is 0 Å². The molecule has 1 aliphatic rings. The fourth-order valence-electron chi connectivity index (χ4n) is 3.00. The van der Waals surface area contributed by atoms with Crippen LogP contribution in [-0.2, 0) is 0 Å². The van der Waals surface area contributed by atoms with Crippen molar-refractivity contribution in [3.05, 3.63) is 40.8 Å². The molecule has 23 heavy (non-hydrogen) atoms. The number of rotatable bonds is 6. The van der Waals surface area contributed by atoms with Gasteiger partial charge in [-0.1, -0.05) is 19.1 Å². The third kappa shape index (κ3) is 4.12. The summed E-state index contributed by atoms with van der Waals surface area (Å²) in [5.74, 6) is 0.618. The molecule has 0 radical (unpaired) electrons. The summed E-state index contributed by atoms with van der Waals surface area (Å²) < 4.78 is 11.0. The van der Waals surface area contributed by atoms with Crippen molar-refractivity contribution in [1.29, 1.82) is 0 Å². The highest BCUT2D eigenvalue weighted by atomic mass is 16.5. The molecule has 1 aromatic heterocycles. The van der Waals surface area contributed by atoms with E-state index in [0.717, 1.165) is 51.1 Å². The largest absolute Gasteiger partial charge is 0.492 e. The lowest BCUT2D eigenvalue weighted by atomic mass is 10.2. The molecule has 1 saturated heterocycles. The molecule has 0 bridgehead atoms.